The largest absolute Gasteiger partial charge is 0.493 e. The number of benzene rings is 2. The van der Waals surface area contributed by atoms with Gasteiger partial charge in [-0.05, 0) is 61.4 Å². The molecule has 7 heteroatoms. The van der Waals surface area contributed by atoms with Crippen LogP contribution in [-0.2, 0) is 17.8 Å². The maximum Gasteiger partial charge on any atom is 0.293 e. The van der Waals surface area contributed by atoms with Crippen molar-refractivity contribution in [2.75, 3.05) is 7.11 Å². The van der Waals surface area contributed by atoms with Gasteiger partial charge in [-0.3, -0.25) is 14.5 Å². The second-order valence-corrected chi connectivity index (χ2v) is 8.56. The minimum absolute atomic E-state index is 0.152. The van der Waals surface area contributed by atoms with E-state index in [0.29, 0.717) is 34.8 Å². The molecular formula is C26H26N2O4S. The Kier molecular flexibility index (Phi) is 7.96. The fourth-order valence-corrected chi connectivity index (χ4v) is 4.42. The van der Waals surface area contributed by atoms with Crippen molar-refractivity contribution in [2.24, 2.45) is 0 Å². The molecule has 2 aromatic rings. The first-order chi connectivity index (χ1) is 15.9. The Labute approximate surface area is 198 Å². The van der Waals surface area contributed by atoms with E-state index in [1.54, 1.807) is 31.4 Å². The van der Waals surface area contributed by atoms with Crippen LogP contribution in [0.3, 0.4) is 0 Å². The molecule has 0 aliphatic carbocycles. The van der Waals surface area contributed by atoms with Crippen LogP contribution < -0.4 is 9.47 Å². The molecule has 1 fully saturated rings. The van der Waals surface area contributed by atoms with Crippen LogP contribution in [0.4, 0.5) is 4.79 Å². The van der Waals surface area contributed by atoms with Gasteiger partial charge in [0, 0.05) is 17.2 Å². The second kappa shape index (κ2) is 10.9. The maximum atomic E-state index is 12.8. The average molecular weight is 463 g/mol. The van der Waals surface area contributed by atoms with E-state index in [4.69, 9.17) is 9.47 Å². The molecule has 170 valence electrons. The van der Waals surface area contributed by atoms with E-state index in [2.05, 4.69) is 12.6 Å². The van der Waals surface area contributed by atoms with Gasteiger partial charge in [0.05, 0.1) is 23.6 Å². The molecule has 1 saturated heterocycles. The highest BCUT2D eigenvalue weighted by Gasteiger charge is 2.37. The van der Waals surface area contributed by atoms with Crippen LogP contribution in [0, 0.1) is 11.3 Å². The SMILES string of the molecule is C=CCc1cc(/C=C2/SC(=O)N([C@H](C)CC)C2=O)cc(OC)c1OCc1ccccc1C#N. The number of nitriles is 1. The highest BCUT2D eigenvalue weighted by molar-refractivity contribution is 8.18. The molecule has 0 aromatic heterocycles. The number of hydrogen-bond acceptors (Lipinski definition) is 6. The normalized spacial score (nSPS) is 15.5. The number of carbonyl (C=O) groups excluding carboxylic acids is 2. The van der Waals surface area contributed by atoms with E-state index >= 15 is 0 Å². The standard InChI is InChI=1S/C26H26N2O4S/c1-5-9-19-12-18(14-23-25(29)28(17(3)6-2)26(30)33-23)13-22(31-4)24(19)32-16-21-11-8-7-10-20(21)15-27/h5,7-8,10-14,17H,1,6,9,16H2,2-4H3/b23-14+/t17-/m1/s1. The number of rotatable bonds is 9. The van der Waals surface area contributed by atoms with E-state index in [1.165, 1.54) is 4.90 Å². The van der Waals surface area contributed by atoms with Crippen LogP contribution in [0.25, 0.3) is 6.08 Å². The number of ether oxygens (including phenoxy) is 2. The van der Waals surface area contributed by atoms with E-state index in [9.17, 15) is 14.9 Å². The van der Waals surface area contributed by atoms with Crippen LogP contribution >= 0.6 is 11.8 Å². The lowest BCUT2D eigenvalue weighted by atomic mass is 10.0. The summed E-state index contributed by atoms with van der Waals surface area (Å²) in [5, 5.41) is 9.07. The van der Waals surface area contributed by atoms with E-state index < -0.39 is 0 Å². The smallest absolute Gasteiger partial charge is 0.293 e. The van der Waals surface area contributed by atoms with Crippen molar-refractivity contribution in [1.29, 1.82) is 5.26 Å². The molecule has 3 rings (SSSR count). The quantitative estimate of drug-likeness (QED) is 0.351. The molecular weight excluding hydrogens is 436 g/mol. The highest BCUT2D eigenvalue weighted by atomic mass is 32.2. The zero-order valence-corrected chi connectivity index (χ0v) is 19.8. The Morgan fingerprint density at radius 3 is 2.67 bits per heavy atom. The molecule has 1 atom stereocenters. The van der Waals surface area contributed by atoms with Gasteiger partial charge in [-0.2, -0.15) is 5.26 Å². The van der Waals surface area contributed by atoms with Gasteiger partial charge in [0.25, 0.3) is 11.1 Å². The van der Waals surface area contributed by atoms with Crippen LogP contribution in [0.15, 0.2) is 54.0 Å². The van der Waals surface area contributed by atoms with Gasteiger partial charge in [-0.1, -0.05) is 31.2 Å². The molecule has 0 bridgehead atoms. The highest BCUT2D eigenvalue weighted by Crippen LogP contribution is 2.38. The third kappa shape index (κ3) is 5.29. The molecule has 0 N–H and O–H groups in total. The Morgan fingerprint density at radius 1 is 1.24 bits per heavy atom. The van der Waals surface area contributed by atoms with Gasteiger partial charge >= 0.3 is 0 Å². The first kappa shape index (κ1) is 24.1. The third-order valence-corrected chi connectivity index (χ3v) is 6.28. The number of hydrogen-bond donors (Lipinski definition) is 0. The third-order valence-electron chi connectivity index (χ3n) is 5.40. The fraction of sp³-hybridized carbons (Fsp3) is 0.269. The minimum Gasteiger partial charge on any atom is -0.493 e. The number of methoxy groups -OCH3 is 1. The first-order valence-electron chi connectivity index (χ1n) is 10.6. The molecule has 0 spiro atoms. The van der Waals surface area contributed by atoms with Crippen molar-refractivity contribution in [3.63, 3.8) is 0 Å². The molecule has 0 saturated carbocycles. The predicted octanol–water partition coefficient (Wildman–Crippen LogP) is 5.71. The molecule has 2 aromatic carbocycles. The van der Waals surface area contributed by atoms with Crippen molar-refractivity contribution in [3.8, 4) is 17.6 Å². The second-order valence-electron chi connectivity index (χ2n) is 7.57. The molecule has 1 aliphatic rings. The zero-order chi connectivity index (χ0) is 24.0. The summed E-state index contributed by atoms with van der Waals surface area (Å²) in [5.74, 6) is 0.767. The van der Waals surface area contributed by atoms with Gasteiger partial charge < -0.3 is 9.47 Å². The number of carbonyl (C=O) groups is 2. The van der Waals surface area contributed by atoms with Crippen molar-refractivity contribution >= 4 is 29.0 Å². The Hall–Kier alpha value is -3.50. The number of amides is 2. The maximum absolute atomic E-state index is 12.8. The summed E-state index contributed by atoms with van der Waals surface area (Å²) in [6, 6.07) is 12.9. The minimum atomic E-state index is -0.281. The van der Waals surface area contributed by atoms with Crippen LogP contribution in [-0.4, -0.2) is 29.2 Å². The average Bonchev–Trinajstić information content (AvgIpc) is 3.10. The summed E-state index contributed by atoms with van der Waals surface area (Å²) in [7, 11) is 1.55. The van der Waals surface area contributed by atoms with Crippen LogP contribution in [0.2, 0.25) is 0 Å². The zero-order valence-electron chi connectivity index (χ0n) is 19.0. The number of imide groups is 1. The number of nitrogens with zero attached hydrogens (tertiary/aromatic N) is 2. The molecule has 1 aliphatic heterocycles. The first-order valence-corrected chi connectivity index (χ1v) is 11.4. The number of allylic oxidation sites excluding steroid dienone is 1. The predicted molar refractivity (Wildman–Crippen MR) is 130 cm³/mol. The van der Waals surface area contributed by atoms with Crippen molar-refractivity contribution in [2.45, 2.75) is 39.3 Å². The summed E-state index contributed by atoms with van der Waals surface area (Å²) in [5.41, 5.74) is 2.87. The number of thioether (sulfide) groups is 1. The van der Waals surface area contributed by atoms with Crippen molar-refractivity contribution in [3.05, 3.63) is 76.2 Å². The molecule has 0 unspecified atom stereocenters. The molecule has 6 nitrogen and oxygen atoms in total. The molecule has 0 radical (unpaired) electrons. The summed E-state index contributed by atoms with van der Waals surface area (Å²) in [4.78, 5) is 26.8. The molecule has 33 heavy (non-hydrogen) atoms. The lowest BCUT2D eigenvalue weighted by Gasteiger charge is -2.19. The lowest BCUT2D eigenvalue weighted by molar-refractivity contribution is -0.124. The van der Waals surface area contributed by atoms with Gasteiger partial charge in [-0.25, -0.2) is 0 Å². The summed E-state index contributed by atoms with van der Waals surface area (Å²) in [6.07, 6.45) is 4.67. The summed E-state index contributed by atoms with van der Waals surface area (Å²) in [6.45, 7) is 7.84. The van der Waals surface area contributed by atoms with Crippen LogP contribution in [0.1, 0.15) is 42.5 Å². The molecule has 2 amide bonds. The van der Waals surface area contributed by atoms with Crippen molar-refractivity contribution in [1.82, 2.24) is 4.90 Å². The van der Waals surface area contributed by atoms with Gasteiger partial charge in [0.1, 0.15) is 6.61 Å². The molecule has 1 heterocycles. The Balaban J connectivity index is 1.94. The van der Waals surface area contributed by atoms with Gasteiger partial charge in [-0.15, -0.1) is 6.58 Å². The monoisotopic (exact) mass is 462 g/mol. The summed E-state index contributed by atoms with van der Waals surface area (Å²) >= 11 is 0.945. The van der Waals surface area contributed by atoms with E-state index in [-0.39, 0.29) is 23.8 Å². The van der Waals surface area contributed by atoms with Gasteiger partial charge in [0.2, 0.25) is 0 Å². The van der Waals surface area contributed by atoms with Crippen molar-refractivity contribution < 1.29 is 19.1 Å². The fourth-order valence-electron chi connectivity index (χ4n) is 3.49. The van der Waals surface area contributed by atoms with Crippen LogP contribution in [0.5, 0.6) is 11.5 Å². The van der Waals surface area contributed by atoms with E-state index in [0.717, 1.165) is 28.5 Å². The Morgan fingerprint density at radius 2 is 2.00 bits per heavy atom. The Bertz CT molecular complexity index is 1150. The topological polar surface area (TPSA) is 79.6 Å². The summed E-state index contributed by atoms with van der Waals surface area (Å²) < 4.78 is 11.7. The van der Waals surface area contributed by atoms with E-state index in [1.807, 2.05) is 38.1 Å². The van der Waals surface area contributed by atoms with Gasteiger partial charge in [0.15, 0.2) is 11.5 Å². The lowest BCUT2D eigenvalue weighted by Crippen LogP contribution is -2.36.